The lowest BCUT2D eigenvalue weighted by atomic mass is 10.2. The van der Waals surface area contributed by atoms with E-state index in [-0.39, 0.29) is 4.90 Å². The van der Waals surface area contributed by atoms with Crippen molar-refractivity contribution in [3.63, 3.8) is 0 Å². The average molecular weight is 425 g/mol. The van der Waals surface area contributed by atoms with Crippen molar-refractivity contribution in [3.8, 4) is 5.75 Å². The van der Waals surface area contributed by atoms with Crippen LogP contribution in [0.1, 0.15) is 5.56 Å². The van der Waals surface area contributed by atoms with Crippen LogP contribution < -0.4 is 4.74 Å². The summed E-state index contributed by atoms with van der Waals surface area (Å²) in [6.07, 6.45) is 0. The van der Waals surface area contributed by atoms with Gasteiger partial charge in [-0.25, -0.2) is 8.42 Å². The number of rotatable bonds is 8. The maximum absolute atomic E-state index is 12.6. The number of ether oxygens (including phenoxy) is 2. The molecule has 2 aromatic carbocycles. The van der Waals surface area contributed by atoms with Gasteiger partial charge in [0.2, 0.25) is 10.0 Å². The molecule has 0 spiro atoms. The normalized spacial score (nSPS) is 15.7. The van der Waals surface area contributed by atoms with Gasteiger partial charge in [0.25, 0.3) is 0 Å². The van der Waals surface area contributed by atoms with Crippen LogP contribution in [0.4, 0.5) is 0 Å². The number of likely N-dealkylation sites (N-methyl/N-ethyl adjacent to an activating group) is 1. The van der Waals surface area contributed by atoms with Crippen LogP contribution in [-0.2, 0) is 21.3 Å². The minimum absolute atomic E-state index is 0.278. The van der Waals surface area contributed by atoms with E-state index in [2.05, 4.69) is 4.90 Å². The van der Waals surface area contributed by atoms with Gasteiger partial charge >= 0.3 is 0 Å². The Balaban J connectivity index is 1.49. The summed E-state index contributed by atoms with van der Waals surface area (Å²) in [5.41, 5.74) is 1.15. The fourth-order valence-electron chi connectivity index (χ4n) is 2.99. The van der Waals surface area contributed by atoms with Gasteiger partial charge in [0.05, 0.1) is 18.1 Å². The molecular weight excluding hydrogens is 400 g/mol. The van der Waals surface area contributed by atoms with Crippen LogP contribution in [0.2, 0.25) is 5.02 Å². The zero-order valence-corrected chi connectivity index (χ0v) is 17.5. The van der Waals surface area contributed by atoms with E-state index in [1.54, 1.807) is 24.3 Å². The van der Waals surface area contributed by atoms with Crippen LogP contribution in [0.3, 0.4) is 0 Å². The molecule has 0 bridgehead atoms. The molecule has 0 radical (unpaired) electrons. The Kier molecular flexibility index (Phi) is 7.31. The zero-order valence-electron chi connectivity index (χ0n) is 15.9. The number of sulfonamides is 1. The molecule has 1 aliphatic heterocycles. The Hall–Kier alpha value is -1.64. The van der Waals surface area contributed by atoms with Crippen LogP contribution in [0.15, 0.2) is 53.4 Å². The molecule has 0 unspecified atom stereocenters. The van der Waals surface area contributed by atoms with Crippen LogP contribution in [0.25, 0.3) is 0 Å². The maximum atomic E-state index is 12.6. The molecule has 8 heteroatoms. The fourth-order valence-corrected chi connectivity index (χ4v) is 4.61. The Morgan fingerprint density at radius 3 is 2.54 bits per heavy atom. The van der Waals surface area contributed by atoms with Crippen molar-refractivity contribution in [2.75, 3.05) is 46.5 Å². The Labute approximate surface area is 171 Å². The molecule has 0 aliphatic carbocycles. The predicted octanol–water partition coefficient (Wildman–Crippen LogP) is 2.87. The highest BCUT2D eigenvalue weighted by molar-refractivity contribution is 7.89. The second-order valence-electron chi connectivity index (χ2n) is 6.70. The second-order valence-corrected chi connectivity index (χ2v) is 9.08. The molecule has 0 amide bonds. The van der Waals surface area contributed by atoms with E-state index in [0.717, 1.165) is 23.7 Å². The summed E-state index contributed by atoms with van der Waals surface area (Å²) in [5, 5.41) is 0.731. The van der Waals surface area contributed by atoms with Crippen LogP contribution >= 0.6 is 11.6 Å². The van der Waals surface area contributed by atoms with Gasteiger partial charge in [-0.1, -0.05) is 23.7 Å². The summed E-state index contributed by atoms with van der Waals surface area (Å²) in [7, 11) is -1.46. The van der Waals surface area contributed by atoms with E-state index in [4.69, 9.17) is 21.1 Å². The summed E-state index contributed by atoms with van der Waals surface area (Å²) in [4.78, 5) is 2.42. The van der Waals surface area contributed by atoms with Gasteiger partial charge in [-0.3, -0.25) is 4.90 Å². The Morgan fingerprint density at radius 2 is 1.86 bits per heavy atom. The standard InChI is InChI=1S/C20H25ClN2O4S/c1-22(16-17-3-2-4-18(21)15-17)9-14-27-19-5-7-20(8-6-19)28(24,25)23-10-12-26-13-11-23/h2-8,15H,9-14,16H2,1H3. The van der Waals surface area contributed by atoms with Gasteiger partial charge in [0.1, 0.15) is 12.4 Å². The van der Waals surface area contributed by atoms with E-state index < -0.39 is 10.0 Å². The molecule has 0 atom stereocenters. The number of hydrogen-bond donors (Lipinski definition) is 0. The first-order valence-electron chi connectivity index (χ1n) is 9.19. The van der Waals surface area contributed by atoms with Crippen molar-refractivity contribution in [1.29, 1.82) is 0 Å². The summed E-state index contributed by atoms with van der Waals surface area (Å²) < 4.78 is 37.7. The molecule has 1 heterocycles. The molecular formula is C20H25ClN2O4S. The molecule has 3 rings (SSSR count). The van der Waals surface area contributed by atoms with E-state index in [0.29, 0.717) is 38.7 Å². The third kappa shape index (κ3) is 5.68. The lowest BCUT2D eigenvalue weighted by molar-refractivity contribution is 0.0730. The smallest absolute Gasteiger partial charge is 0.243 e. The van der Waals surface area contributed by atoms with E-state index >= 15 is 0 Å². The van der Waals surface area contributed by atoms with Crippen molar-refractivity contribution in [2.45, 2.75) is 11.4 Å². The summed E-state index contributed by atoms with van der Waals surface area (Å²) in [6, 6.07) is 14.4. The Bertz CT molecular complexity index is 868. The quantitative estimate of drug-likeness (QED) is 0.652. The Morgan fingerprint density at radius 1 is 1.14 bits per heavy atom. The molecule has 0 N–H and O–H groups in total. The molecule has 0 aromatic heterocycles. The van der Waals surface area contributed by atoms with Gasteiger partial charge in [-0.05, 0) is 49.0 Å². The average Bonchev–Trinajstić information content (AvgIpc) is 2.69. The third-order valence-corrected chi connectivity index (χ3v) is 6.66. The lowest BCUT2D eigenvalue weighted by Gasteiger charge is -2.26. The molecule has 28 heavy (non-hydrogen) atoms. The largest absolute Gasteiger partial charge is 0.492 e. The van der Waals surface area contributed by atoms with Gasteiger partial charge in [0.15, 0.2) is 0 Å². The molecule has 1 saturated heterocycles. The first-order valence-corrected chi connectivity index (χ1v) is 11.0. The summed E-state index contributed by atoms with van der Waals surface area (Å²) in [5.74, 6) is 0.650. The first-order chi connectivity index (χ1) is 13.4. The molecule has 1 aliphatic rings. The number of benzene rings is 2. The highest BCUT2D eigenvalue weighted by atomic mass is 35.5. The predicted molar refractivity (Wildman–Crippen MR) is 109 cm³/mol. The van der Waals surface area contributed by atoms with Crippen LogP contribution in [0.5, 0.6) is 5.75 Å². The number of morpholine rings is 1. The third-order valence-electron chi connectivity index (χ3n) is 4.51. The summed E-state index contributed by atoms with van der Waals surface area (Å²) >= 11 is 6.01. The van der Waals surface area contributed by atoms with Gasteiger partial charge in [0, 0.05) is 31.2 Å². The van der Waals surface area contributed by atoms with Gasteiger partial charge in [-0.15, -0.1) is 0 Å². The molecule has 6 nitrogen and oxygen atoms in total. The molecule has 152 valence electrons. The minimum atomic E-state index is -3.47. The highest BCUT2D eigenvalue weighted by Gasteiger charge is 2.26. The summed E-state index contributed by atoms with van der Waals surface area (Å²) in [6.45, 7) is 3.67. The molecule has 0 saturated carbocycles. The van der Waals surface area contributed by atoms with Gasteiger partial charge < -0.3 is 9.47 Å². The number of hydrogen-bond acceptors (Lipinski definition) is 5. The SMILES string of the molecule is CN(CCOc1ccc(S(=O)(=O)N2CCOCC2)cc1)Cc1cccc(Cl)c1. The molecule has 1 fully saturated rings. The maximum Gasteiger partial charge on any atom is 0.243 e. The van der Waals surface area contributed by atoms with Crippen molar-refractivity contribution >= 4 is 21.6 Å². The first kappa shape index (κ1) is 21.1. The minimum Gasteiger partial charge on any atom is -0.492 e. The van der Waals surface area contributed by atoms with Crippen molar-refractivity contribution in [1.82, 2.24) is 9.21 Å². The van der Waals surface area contributed by atoms with Crippen molar-refractivity contribution in [3.05, 3.63) is 59.1 Å². The van der Waals surface area contributed by atoms with Crippen LogP contribution in [0, 0.1) is 0 Å². The van der Waals surface area contributed by atoms with E-state index in [9.17, 15) is 8.42 Å². The molecule has 2 aromatic rings. The fraction of sp³-hybridized carbons (Fsp3) is 0.400. The highest BCUT2D eigenvalue weighted by Crippen LogP contribution is 2.20. The number of halogens is 1. The second kappa shape index (κ2) is 9.71. The van der Waals surface area contributed by atoms with E-state index in [1.165, 1.54) is 4.31 Å². The topological polar surface area (TPSA) is 59.1 Å². The van der Waals surface area contributed by atoms with Crippen molar-refractivity contribution < 1.29 is 17.9 Å². The zero-order chi connectivity index (χ0) is 20.0. The van der Waals surface area contributed by atoms with Crippen molar-refractivity contribution in [2.24, 2.45) is 0 Å². The van der Waals surface area contributed by atoms with Gasteiger partial charge in [-0.2, -0.15) is 4.31 Å². The number of nitrogens with zero attached hydrogens (tertiary/aromatic N) is 2. The van der Waals surface area contributed by atoms with Crippen LogP contribution in [-0.4, -0.2) is 64.1 Å². The monoisotopic (exact) mass is 424 g/mol. The lowest BCUT2D eigenvalue weighted by Crippen LogP contribution is -2.40. The van der Waals surface area contributed by atoms with E-state index in [1.807, 2.05) is 31.3 Å².